The van der Waals surface area contributed by atoms with E-state index in [0.717, 1.165) is 6.42 Å². The van der Waals surface area contributed by atoms with Crippen LogP contribution in [0.1, 0.15) is 6.42 Å². The van der Waals surface area contributed by atoms with E-state index in [0.29, 0.717) is 0 Å². The van der Waals surface area contributed by atoms with E-state index < -0.39 is 16.1 Å². The summed E-state index contributed by atoms with van der Waals surface area (Å²) in [5.74, 6) is 0. The highest BCUT2D eigenvalue weighted by molar-refractivity contribution is 7.04. The third-order valence-corrected chi connectivity index (χ3v) is 9.81. The van der Waals surface area contributed by atoms with E-state index in [9.17, 15) is 0 Å². The third-order valence-electron chi connectivity index (χ3n) is 2.02. The molecule has 0 aromatic rings. The molecule has 0 saturated carbocycles. The standard InChI is InChI=1S/C11H24OSi2/c1-13(2,3)11(14(4,5)6)9-7-8-10-12/h7,12H,8,10H2,1-6H3. The fourth-order valence-electron chi connectivity index (χ4n) is 1.80. The fraction of sp³-hybridized carbons (Fsp3) is 0.727. The van der Waals surface area contributed by atoms with Crippen LogP contribution in [0.4, 0.5) is 0 Å². The minimum absolute atomic E-state index is 0.234. The molecular formula is C11H24OSi2. The molecule has 0 aromatic heterocycles. The predicted octanol–water partition coefficient (Wildman–Crippen LogP) is 3.21. The van der Waals surface area contributed by atoms with Crippen LogP contribution >= 0.6 is 0 Å². The first-order chi connectivity index (χ1) is 6.19. The van der Waals surface area contributed by atoms with Gasteiger partial charge in [0, 0.05) is 6.61 Å². The molecule has 0 saturated heterocycles. The lowest BCUT2D eigenvalue weighted by Crippen LogP contribution is -2.39. The molecule has 0 atom stereocenters. The summed E-state index contributed by atoms with van der Waals surface area (Å²) in [5, 5.41) is 8.73. The molecule has 0 aromatic carbocycles. The molecule has 0 amide bonds. The Bertz CT molecular complexity index is 221. The normalized spacial score (nSPS) is 12.2. The van der Waals surface area contributed by atoms with Crippen molar-refractivity contribution in [1.29, 1.82) is 0 Å². The smallest absolute Gasteiger partial charge is 0.0772 e. The van der Waals surface area contributed by atoms with E-state index in [1.807, 2.05) is 6.08 Å². The van der Waals surface area contributed by atoms with Crippen LogP contribution < -0.4 is 0 Å². The molecule has 0 aliphatic heterocycles. The molecule has 0 spiro atoms. The van der Waals surface area contributed by atoms with Crippen LogP contribution in [0, 0.1) is 0 Å². The molecule has 0 fully saturated rings. The van der Waals surface area contributed by atoms with Gasteiger partial charge in [-0.05, 0) is 12.5 Å². The van der Waals surface area contributed by atoms with E-state index in [1.54, 1.807) is 4.82 Å². The van der Waals surface area contributed by atoms with Crippen LogP contribution in [-0.4, -0.2) is 27.9 Å². The van der Waals surface area contributed by atoms with Crippen LogP contribution in [0.3, 0.4) is 0 Å². The summed E-state index contributed by atoms with van der Waals surface area (Å²) in [4.78, 5) is 1.58. The predicted molar refractivity (Wildman–Crippen MR) is 70.0 cm³/mol. The van der Waals surface area contributed by atoms with Crippen LogP contribution in [0.2, 0.25) is 39.3 Å². The van der Waals surface area contributed by atoms with Gasteiger partial charge in [-0.1, -0.05) is 44.1 Å². The topological polar surface area (TPSA) is 20.2 Å². The molecule has 1 nitrogen and oxygen atoms in total. The van der Waals surface area contributed by atoms with E-state index in [1.165, 1.54) is 0 Å². The maximum Gasteiger partial charge on any atom is 0.0772 e. The largest absolute Gasteiger partial charge is 0.396 e. The molecule has 0 rings (SSSR count). The summed E-state index contributed by atoms with van der Waals surface area (Å²) in [5.41, 5.74) is 3.46. The molecule has 1 N–H and O–H groups in total. The van der Waals surface area contributed by atoms with Gasteiger partial charge in [-0.15, -0.1) is 5.73 Å². The molecular weight excluding hydrogens is 204 g/mol. The molecule has 0 heterocycles. The second-order valence-electron chi connectivity index (χ2n) is 5.74. The zero-order valence-corrected chi connectivity index (χ0v) is 12.4. The van der Waals surface area contributed by atoms with Crippen LogP contribution in [-0.2, 0) is 0 Å². The first kappa shape index (κ1) is 13.9. The number of rotatable bonds is 4. The number of aliphatic hydroxyl groups excluding tert-OH is 1. The zero-order chi connectivity index (χ0) is 11.4. The van der Waals surface area contributed by atoms with Crippen molar-refractivity contribution in [3.63, 3.8) is 0 Å². The van der Waals surface area contributed by atoms with Crippen molar-refractivity contribution in [2.24, 2.45) is 0 Å². The van der Waals surface area contributed by atoms with E-state index in [4.69, 9.17) is 5.11 Å². The Morgan fingerprint density at radius 1 is 1.07 bits per heavy atom. The average Bonchev–Trinajstić information content (AvgIpc) is 1.92. The van der Waals surface area contributed by atoms with Gasteiger partial charge in [0.2, 0.25) is 0 Å². The van der Waals surface area contributed by atoms with Gasteiger partial charge in [-0.3, -0.25) is 0 Å². The average molecular weight is 228 g/mol. The Balaban J connectivity index is 5.04. The minimum Gasteiger partial charge on any atom is -0.396 e. The molecule has 0 bridgehead atoms. The number of hydrogen-bond donors (Lipinski definition) is 1. The van der Waals surface area contributed by atoms with Gasteiger partial charge < -0.3 is 5.11 Å². The van der Waals surface area contributed by atoms with Crippen molar-refractivity contribution in [2.75, 3.05) is 6.61 Å². The Morgan fingerprint density at radius 3 is 1.79 bits per heavy atom. The van der Waals surface area contributed by atoms with Crippen LogP contribution in [0.5, 0.6) is 0 Å². The number of aliphatic hydroxyl groups is 1. The van der Waals surface area contributed by atoms with Gasteiger partial charge in [-0.2, -0.15) is 0 Å². The van der Waals surface area contributed by atoms with Gasteiger partial charge >= 0.3 is 0 Å². The van der Waals surface area contributed by atoms with Crippen molar-refractivity contribution in [3.05, 3.63) is 16.6 Å². The quantitative estimate of drug-likeness (QED) is 0.579. The monoisotopic (exact) mass is 228 g/mol. The maximum absolute atomic E-state index is 8.73. The Kier molecular flexibility index (Phi) is 5.09. The van der Waals surface area contributed by atoms with Crippen molar-refractivity contribution in [3.8, 4) is 0 Å². The lowest BCUT2D eigenvalue weighted by molar-refractivity contribution is 0.302. The summed E-state index contributed by atoms with van der Waals surface area (Å²) in [6, 6.07) is 0. The van der Waals surface area contributed by atoms with E-state index in [2.05, 4.69) is 45.0 Å². The van der Waals surface area contributed by atoms with E-state index >= 15 is 0 Å². The lowest BCUT2D eigenvalue weighted by atomic mass is 10.4. The molecule has 3 heteroatoms. The molecule has 0 aliphatic carbocycles. The lowest BCUT2D eigenvalue weighted by Gasteiger charge is -2.29. The Labute approximate surface area is 90.6 Å². The van der Waals surface area contributed by atoms with Crippen LogP contribution in [0.25, 0.3) is 0 Å². The first-order valence-corrected chi connectivity index (χ1v) is 12.3. The molecule has 14 heavy (non-hydrogen) atoms. The Morgan fingerprint density at radius 2 is 1.50 bits per heavy atom. The Hall–Kier alpha value is -0.0862. The van der Waals surface area contributed by atoms with Gasteiger partial charge in [0.1, 0.15) is 0 Å². The molecule has 0 aliphatic rings. The first-order valence-electron chi connectivity index (χ1n) is 5.26. The summed E-state index contributed by atoms with van der Waals surface area (Å²) in [7, 11) is -2.44. The summed E-state index contributed by atoms with van der Waals surface area (Å²) >= 11 is 0. The third kappa shape index (κ3) is 4.96. The summed E-state index contributed by atoms with van der Waals surface area (Å²) < 4.78 is 0. The van der Waals surface area contributed by atoms with Crippen LogP contribution in [0.15, 0.2) is 16.6 Å². The SMILES string of the molecule is C[Si](C)(C)C(=C=CCCO)[Si](C)(C)C. The van der Waals surface area contributed by atoms with Gasteiger partial charge in [0.05, 0.1) is 16.1 Å². The van der Waals surface area contributed by atoms with Crippen molar-refractivity contribution in [1.82, 2.24) is 0 Å². The molecule has 0 unspecified atom stereocenters. The summed E-state index contributed by atoms with van der Waals surface area (Å²) in [6.07, 6.45) is 2.74. The summed E-state index contributed by atoms with van der Waals surface area (Å²) in [6.45, 7) is 14.5. The van der Waals surface area contributed by atoms with Crippen molar-refractivity contribution in [2.45, 2.75) is 45.7 Å². The molecule has 82 valence electrons. The number of hydrogen-bond acceptors (Lipinski definition) is 1. The fourth-order valence-corrected chi connectivity index (χ4v) is 11.9. The maximum atomic E-state index is 8.73. The van der Waals surface area contributed by atoms with Crippen molar-refractivity contribution >= 4 is 16.1 Å². The highest BCUT2D eigenvalue weighted by atomic mass is 28.4. The minimum atomic E-state index is -1.22. The highest BCUT2D eigenvalue weighted by Gasteiger charge is 2.30. The molecule has 0 radical (unpaired) electrons. The van der Waals surface area contributed by atoms with Gasteiger partial charge in [0.25, 0.3) is 0 Å². The van der Waals surface area contributed by atoms with E-state index in [-0.39, 0.29) is 6.61 Å². The highest BCUT2D eigenvalue weighted by Crippen LogP contribution is 2.24. The second-order valence-corrected chi connectivity index (χ2v) is 16.2. The van der Waals surface area contributed by atoms with Gasteiger partial charge in [-0.25, -0.2) is 0 Å². The zero-order valence-electron chi connectivity index (χ0n) is 10.4. The van der Waals surface area contributed by atoms with Crippen molar-refractivity contribution < 1.29 is 5.11 Å². The second kappa shape index (κ2) is 5.12. The van der Waals surface area contributed by atoms with Gasteiger partial charge in [0.15, 0.2) is 0 Å².